The van der Waals surface area contributed by atoms with Gasteiger partial charge in [-0.15, -0.1) is 0 Å². The first-order chi connectivity index (χ1) is 6.02. The van der Waals surface area contributed by atoms with E-state index in [-0.39, 0.29) is 5.41 Å². The predicted molar refractivity (Wildman–Crippen MR) is 53.7 cm³/mol. The second kappa shape index (κ2) is 3.97. The average Bonchev–Trinajstić information content (AvgIpc) is 2.28. The second-order valence-electron chi connectivity index (χ2n) is 4.78. The first-order valence-corrected chi connectivity index (χ1v) is 5.23. The third kappa shape index (κ3) is 2.23. The van der Waals surface area contributed by atoms with E-state index in [0.717, 1.165) is 38.7 Å². The van der Waals surface area contributed by atoms with E-state index in [1.165, 1.54) is 0 Å². The van der Waals surface area contributed by atoms with E-state index in [1.807, 2.05) is 6.92 Å². The fourth-order valence-corrected chi connectivity index (χ4v) is 2.39. The molecular formula is C11H22O2. The number of rotatable bonds is 4. The Balaban J connectivity index is 2.45. The molecule has 0 spiro atoms. The Bertz CT molecular complexity index is 165. The van der Waals surface area contributed by atoms with E-state index >= 15 is 0 Å². The van der Waals surface area contributed by atoms with Gasteiger partial charge in [0.1, 0.15) is 0 Å². The van der Waals surface area contributed by atoms with Crippen LogP contribution in [0.25, 0.3) is 0 Å². The number of hydrogen-bond acceptors (Lipinski definition) is 2. The van der Waals surface area contributed by atoms with Crippen molar-refractivity contribution in [2.45, 2.75) is 51.6 Å². The topological polar surface area (TPSA) is 29.5 Å². The Morgan fingerprint density at radius 1 is 1.31 bits per heavy atom. The zero-order valence-corrected chi connectivity index (χ0v) is 9.10. The molecule has 78 valence electrons. The molecule has 1 fully saturated rings. The van der Waals surface area contributed by atoms with E-state index in [0.29, 0.717) is 0 Å². The molecule has 2 nitrogen and oxygen atoms in total. The molecule has 13 heavy (non-hydrogen) atoms. The Hall–Kier alpha value is -0.0800. The lowest BCUT2D eigenvalue weighted by molar-refractivity contribution is -0.0432. The molecule has 0 amide bonds. The van der Waals surface area contributed by atoms with Gasteiger partial charge in [-0.25, -0.2) is 0 Å². The lowest BCUT2D eigenvalue weighted by Crippen LogP contribution is -2.38. The Morgan fingerprint density at radius 3 is 2.46 bits per heavy atom. The van der Waals surface area contributed by atoms with Crippen LogP contribution in [0.15, 0.2) is 0 Å². The molecule has 2 heteroatoms. The molecule has 1 rings (SSSR count). The van der Waals surface area contributed by atoms with Gasteiger partial charge in [0.2, 0.25) is 0 Å². The van der Waals surface area contributed by atoms with E-state index < -0.39 is 5.60 Å². The highest BCUT2D eigenvalue weighted by atomic mass is 16.5. The molecule has 1 aliphatic carbocycles. The molecule has 1 N–H and O–H groups in total. The van der Waals surface area contributed by atoms with Crippen LogP contribution < -0.4 is 0 Å². The minimum atomic E-state index is -0.458. The largest absolute Gasteiger partial charge is 0.390 e. The SMILES string of the molecule is COCCCC1(C)CCCC1(C)O. The molecule has 2 atom stereocenters. The summed E-state index contributed by atoms with van der Waals surface area (Å²) >= 11 is 0. The van der Waals surface area contributed by atoms with Crippen molar-refractivity contribution in [3.05, 3.63) is 0 Å². The molecule has 0 heterocycles. The smallest absolute Gasteiger partial charge is 0.0673 e. The van der Waals surface area contributed by atoms with E-state index in [1.54, 1.807) is 7.11 Å². The van der Waals surface area contributed by atoms with Crippen LogP contribution in [0.4, 0.5) is 0 Å². The summed E-state index contributed by atoms with van der Waals surface area (Å²) < 4.78 is 5.03. The lowest BCUT2D eigenvalue weighted by atomic mass is 9.74. The Labute approximate surface area is 81.3 Å². The maximum atomic E-state index is 10.2. The van der Waals surface area contributed by atoms with Gasteiger partial charge in [0.05, 0.1) is 5.60 Å². The monoisotopic (exact) mass is 186 g/mol. The zero-order chi connectivity index (χ0) is 9.95. The van der Waals surface area contributed by atoms with Crippen LogP contribution in [0.3, 0.4) is 0 Å². The summed E-state index contributed by atoms with van der Waals surface area (Å²) in [5.74, 6) is 0. The van der Waals surface area contributed by atoms with Gasteiger partial charge in [-0.3, -0.25) is 0 Å². The van der Waals surface area contributed by atoms with Crippen molar-refractivity contribution in [1.82, 2.24) is 0 Å². The summed E-state index contributed by atoms with van der Waals surface area (Å²) in [7, 11) is 1.73. The molecule has 1 aliphatic rings. The summed E-state index contributed by atoms with van der Waals surface area (Å²) in [6.07, 6.45) is 5.41. The zero-order valence-electron chi connectivity index (χ0n) is 9.10. The Kier molecular flexibility index (Phi) is 3.36. The first-order valence-electron chi connectivity index (χ1n) is 5.23. The summed E-state index contributed by atoms with van der Waals surface area (Å²) in [6.45, 7) is 4.99. The van der Waals surface area contributed by atoms with Crippen LogP contribution in [0.2, 0.25) is 0 Å². The molecule has 1 saturated carbocycles. The molecule has 0 aliphatic heterocycles. The van der Waals surface area contributed by atoms with Gasteiger partial charge >= 0.3 is 0 Å². The fourth-order valence-electron chi connectivity index (χ4n) is 2.39. The quantitative estimate of drug-likeness (QED) is 0.683. The summed E-state index contributed by atoms with van der Waals surface area (Å²) in [4.78, 5) is 0. The summed E-state index contributed by atoms with van der Waals surface area (Å²) in [5.41, 5.74) is -0.341. The predicted octanol–water partition coefficient (Wildman–Crippen LogP) is 2.35. The normalized spacial score (nSPS) is 39.7. The minimum Gasteiger partial charge on any atom is -0.390 e. The van der Waals surface area contributed by atoms with Crippen molar-refractivity contribution in [1.29, 1.82) is 0 Å². The maximum Gasteiger partial charge on any atom is 0.0673 e. The van der Waals surface area contributed by atoms with E-state index in [4.69, 9.17) is 4.74 Å². The van der Waals surface area contributed by atoms with Crippen molar-refractivity contribution in [3.63, 3.8) is 0 Å². The van der Waals surface area contributed by atoms with Crippen LogP contribution in [-0.2, 0) is 4.74 Å². The number of aliphatic hydroxyl groups is 1. The average molecular weight is 186 g/mol. The second-order valence-corrected chi connectivity index (χ2v) is 4.78. The van der Waals surface area contributed by atoms with Gasteiger partial charge in [-0.1, -0.05) is 6.92 Å². The molecule has 0 aromatic carbocycles. The van der Waals surface area contributed by atoms with Gasteiger partial charge in [-0.2, -0.15) is 0 Å². The first kappa shape index (κ1) is 11.0. The van der Waals surface area contributed by atoms with Gasteiger partial charge in [0.25, 0.3) is 0 Å². The number of hydrogen-bond donors (Lipinski definition) is 1. The molecule has 0 radical (unpaired) electrons. The third-order valence-electron chi connectivity index (χ3n) is 3.77. The Morgan fingerprint density at radius 2 is 2.00 bits per heavy atom. The standard InChI is InChI=1S/C11H22O2/c1-10(7-5-9-13-3)6-4-8-11(10,2)12/h12H,4-9H2,1-3H3. The highest BCUT2D eigenvalue weighted by molar-refractivity contribution is 4.97. The highest BCUT2D eigenvalue weighted by Gasteiger charge is 2.46. The summed E-state index contributed by atoms with van der Waals surface area (Å²) in [5, 5.41) is 10.2. The van der Waals surface area contributed by atoms with Crippen molar-refractivity contribution in [2.75, 3.05) is 13.7 Å². The van der Waals surface area contributed by atoms with Crippen LogP contribution in [0, 0.1) is 5.41 Å². The third-order valence-corrected chi connectivity index (χ3v) is 3.77. The molecule has 0 saturated heterocycles. The number of ether oxygens (including phenoxy) is 1. The maximum absolute atomic E-state index is 10.2. The molecule has 0 aromatic heterocycles. The van der Waals surface area contributed by atoms with Crippen molar-refractivity contribution >= 4 is 0 Å². The van der Waals surface area contributed by atoms with Crippen LogP contribution >= 0.6 is 0 Å². The fraction of sp³-hybridized carbons (Fsp3) is 1.00. The summed E-state index contributed by atoms with van der Waals surface area (Å²) in [6, 6.07) is 0. The van der Waals surface area contributed by atoms with Gasteiger partial charge in [0, 0.05) is 13.7 Å². The van der Waals surface area contributed by atoms with Crippen LogP contribution in [0.1, 0.15) is 46.0 Å². The molecule has 0 bridgehead atoms. The van der Waals surface area contributed by atoms with Crippen molar-refractivity contribution < 1.29 is 9.84 Å². The molecule has 2 unspecified atom stereocenters. The van der Waals surface area contributed by atoms with E-state index in [2.05, 4.69) is 6.92 Å². The van der Waals surface area contributed by atoms with Gasteiger partial charge in [-0.05, 0) is 44.4 Å². The molecular weight excluding hydrogens is 164 g/mol. The van der Waals surface area contributed by atoms with E-state index in [9.17, 15) is 5.11 Å². The van der Waals surface area contributed by atoms with Crippen LogP contribution in [0.5, 0.6) is 0 Å². The minimum absolute atomic E-state index is 0.117. The van der Waals surface area contributed by atoms with Crippen LogP contribution in [-0.4, -0.2) is 24.4 Å². The molecule has 0 aromatic rings. The highest BCUT2D eigenvalue weighted by Crippen LogP contribution is 2.48. The van der Waals surface area contributed by atoms with Crippen molar-refractivity contribution in [3.8, 4) is 0 Å². The lowest BCUT2D eigenvalue weighted by Gasteiger charge is -2.37. The van der Waals surface area contributed by atoms with Gasteiger partial charge in [0.15, 0.2) is 0 Å². The van der Waals surface area contributed by atoms with Gasteiger partial charge < -0.3 is 9.84 Å². The van der Waals surface area contributed by atoms with Crippen molar-refractivity contribution in [2.24, 2.45) is 5.41 Å². The number of methoxy groups -OCH3 is 1.